The average molecular weight is 349 g/mol. The molecular weight excluding hydrogens is 328 g/mol. The second-order valence-electron chi connectivity index (χ2n) is 5.42. The first-order valence-corrected chi connectivity index (χ1v) is 9.88. The van der Waals surface area contributed by atoms with E-state index in [1.54, 1.807) is 22.5 Å². The van der Waals surface area contributed by atoms with Gasteiger partial charge in [0.2, 0.25) is 10.0 Å². The summed E-state index contributed by atoms with van der Waals surface area (Å²) in [4.78, 5) is 2.32. The second-order valence-corrected chi connectivity index (χ2v) is 8.89. The molecule has 1 heterocycles. The van der Waals surface area contributed by atoms with Crippen molar-refractivity contribution in [1.82, 2.24) is 9.21 Å². The molecule has 0 aromatic heterocycles. The van der Waals surface area contributed by atoms with Gasteiger partial charge in [-0.05, 0) is 44.5 Å². The van der Waals surface area contributed by atoms with Crippen LogP contribution >= 0.6 is 23.4 Å². The van der Waals surface area contributed by atoms with Crippen LogP contribution in [0.2, 0.25) is 5.02 Å². The molecule has 0 spiro atoms. The monoisotopic (exact) mass is 348 g/mol. The van der Waals surface area contributed by atoms with Crippen LogP contribution in [0.15, 0.2) is 29.2 Å². The summed E-state index contributed by atoms with van der Waals surface area (Å²) in [6, 6.07) is 6.52. The molecule has 1 aliphatic heterocycles. The van der Waals surface area contributed by atoms with Gasteiger partial charge in [-0.3, -0.25) is 0 Å². The largest absolute Gasteiger partial charge is 0.308 e. The van der Waals surface area contributed by atoms with Crippen molar-refractivity contribution in [2.24, 2.45) is 0 Å². The zero-order valence-corrected chi connectivity index (χ0v) is 14.7. The number of sulfonamides is 1. The number of likely N-dealkylation sites (N-methyl/N-ethyl adjacent to an activating group) is 1. The van der Waals surface area contributed by atoms with Crippen LogP contribution in [-0.4, -0.2) is 62.4 Å². The molecule has 21 heavy (non-hydrogen) atoms. The Morgan fingerprint density at radius 3 is 2.86 bits per heavy atom. The molecule has 1 atom stereocenters. The Bertz CT molecular complexity index is 578. The van der Waals surface area contributed by atoms with Crippen LogP contribution in [0, 0.1) is 0 Å². The lowest BCUT2D eigenvalue weighted by Crippen LogP contribution is -2.46. The van der Waals surface area contributed by atoms with Crippen LogP contribution in [0.3, 0.4) is 0 Å². The van der Waals surface area contributed by atoms with Gasteiger partial charge in [0.15, 0.2) is 0 Å². The van der Waals surface area contributed by atoms with E-state index in [0.717, 1.165) is 24.5 Å². The molecule has 0 N–H and O–H groups in total. The van der Waals surface area contributed by atoms with E-state index in [1.165, 1.54) is 6.07 Å². The van der Waals surface area contributed by atoms with Gasteiger partial charge in [0.25, 0.3) is 0 Å². The highest BCUT2D eigenvalue weighted by Crippen LogP contribution is 2.26. The van der Waals surface area contributed by atoms with Gasteiger partial charge in [-0.2, -0.15) is 16.1 Å². The lowest BCUT2D eigenvalue weighted by Gasteiger charge is -2.30. The van der Waals surface area contributed by atoms with Crippen LogP contribution in [0.4, 0.5) is 0 Å². The SMILES string of the molecule is CN(C)CC1CSCCCN1S(=O)(=O)c1cccc(Cl)c1. The molecule has 0 radical (unpaired) electrons. The maximum absolute atomic E-state index is 12.9. The Labute approximate surface area is 136 Å². The van der Waals surface area contributed by atoms with Crippen LogP contribution in [0.1, 0.15) is 6.42 Å². The molecule has 2 rings (SSSR count). The maximum atomic E-state index is 12.9. The van der Waals surface area contributed by atoms with Crippen molar-refractivity contribution in [1.29, 1.82) is 0 Å². The molecule has 4 nitrogen and oxygen atoms in total. The van der Waals surface area contributed by atoms with Crippen molar-refractivity contribution in [3.05, 3.63) is 29.3 Å². The van der Waals surface area contributed by atoms with Crippen LogP contribution in [0.25, 0.3) is 0 Å². The summed E-state index contributed by atoms with van der Waals surface area (Å²) in [5.41, 5.74) is 0. The first-order valence-electron chi connectivity index (χ1n) is 6.91. The van der Waals surface area contributed by atoms with Gasteiger partial charge < -0.3 is 4.90 Å². The van der Waals surface area contributed by atoms with E-state index in [1.807, 2.05) is 30.8 Å². The zero-order valence-electron chi connectivity index (χ0n) is 12.3. The summed E-state index contributed by atoms with van der Waals surface area (Å²) >= 11 is 7.77. The first-order chi connectivity index (χ1) is 9.91. The predicted octanol–water partition coefficient (Wildman–Crippen LogP) is 2.40. The van der Waals surface area contributed by atoms with Crippen molar-refractivity contribution in [2.75, 3.05) is 38.7 Å². The molecule has 0 amide bonds. The number of halogens is 1. The van der Waals surface area contributed by atoms with Crippen molar-refractivity contribution in [3.8, 4) is 0 Å². The van der Waals surface area contributed by atoms with E-state index in [2.05, 4.69) is 0 Å². The fourth-order valence-corrected chi connectivity index (χ4v) is 5.56. The summed E-state index contributed by atoms with van der Waals surface area (Å²) < 4.78 is 27.5. The third-order valence-corrected chi connectivity index (χ3v) is 6.74. The number of hydrogen-bond acceptors (Lipinski definition) is 4. The predicted molar refractivity (Wildman–Crippen MR) is 89.6 cm³/mol. The molecular formula is C14H21ClN2O2S2. The van der Waals surface area contributed by atoms with Gasteiger partial charge in [-0.25, -0.2) is 8.42 Å². The van der Waals surface area contributed by atoms with Crippen molar-refractivity contribution in [2.45, 2.75) is 17.4 Å². The number of benzene rings is 1. The third-order valence-electron chi connectivity index (χ3n) is 3.36. The Kier molecular flexibility index (Phi) is 5.96. The number of hydrogen-bond donors (Lipinski definition) is 0. The number of nitrogens with zero attached hydrogens (tertiary/aromatic N) is 2. The Hall–Kier alpha value is -0.270. The first kappa shape index (κ1) is 17.1. The fourth-order valence-electron chi connectivity index (χ4n) is 2.45. The molecule has 0 saturated carbocycles. The van der Waals surface area contributed by atoms with Crippen molar-refractivity contribution >= 4 is 33.4 Å². The number of thioether (sulfide) groups is 1. The summed E-state index contributed by atoms with van der Waals surface area (Å²) in [6.07, 6.45) is 0.883. The minimum absolute atomic E-state index is 0.00326. The van der Waals surface area contributed by atoms with Gasteiger partial charge in [-0.1, -0.05) is 17.7 Å². The Balaban J connectivity index is 2.34. The number of rotatable bonds is 4. The van der Waals surface area contributed by atoms with Gasteiger partial charge >= 0.3 is 0 Å². The minimum Gasteiger partial charge on any atom is -0.308 e. The summed E-state index contributed by atoms with van der Waals surface area (Å²) in [5.74, 6) is 1.84. The highest BCUT2D eigenvalue weighted by atomic mass is 35.5. The molecule has 1 aliphatic rings. The van der Waals surface area contributed by atoms with Gasteiger partial charge in [0.05, 0.1) is 4.90 Å². The maximum Gasteiger partial charge on any atom is 0.243 e. The fraction of sp³-hybridized carbons (Fsp3) is 0.571. The molecule has 118 valence electrons. The van der Waals surface area contributed by atoms with Gasteiger partial charge in [-0.15, -0.1) is 0 Å². The second kappa shape index (κ2) is 7.33. The Morgan fingerprint density at radius 2 is 2.19 bits per heavy atom. The molecule has 1 unspecified atom stereocenters. The molecule has 1 aromatic rings. The minimum atomic E-state index is -3.49. The Morgan fingerprint density at radius 1 is 1.43 bits per heavy atom. The topological polar surface area (TPSA) is 40.6 Å². The normalized spacial score (nSPS) is 21.4. The van der Waals surface area contributed by atoms with Crippen LogP contribution in [0.5, 0.6) is 0 Å². The average Bonchev–Trinajstić information content (AvgIpc) is 2.64. The smallest absolute Gasteiger partial charge is 0.243 e. The van der Waals surface area contributed by atoms with E-state index in [9.17, 15) is 8.42 Å². The lowest BCUT2D eigenvalue weighted by molar-refractivity contribution is 0.271. The molecule has 1 saturated heterocycles. The van der Waals surface area contributed by atoms with Crippen molar-refractivity contribution in [3.63, 3.8) is 0 Å². The van der Waals surface area contributed by atoms with Crippen LogP contribution < -0.4 is 0 Å². The van der Waals surface area contributed by atoms with E-state index in [4.69, 9.17) is 11.6 Å². The van der Waals surface area contributed by atoms with E-state index in [0.29, 0.717) is 11.6 Å². The van der Waals surface area contributed by atoms with E-state index >= 15 is 0 Å². The highest BCUT2D eigenvalue weighted by Gasteiger charge is 2.32. The van der Waals surface area contributed by atoms with Crippen molar-refractivity contribution < 1.29 is 8.42 Å². The molecule has 7 heteroatoms. The van der Waals surface area contributed by atoms with Gasteiger partial charge in [0.1, 0.15) is 0 Å². The van der Waals surface area contributed by atoms with E-state index in [-0.39, 0.29) is 10.9 Å². The van der Waals surface area contributed by atoms with Crippen LogP contribution in [-0.2, 0) is 10.0 Å². The quantitative estimate of drug-likeness (QED) is 0.837. The standard InChI is InChI=1S/C14H21ClN2O2S2/c1-16(2)10-13-11-20-8-4-7-17(13)21(18,19)14-6-3-5-12(15)9-14/h3,5-6,9,13H,4,7-8,10-11H2,1-2H3. The highest BCUT2D eigenvalue weighted by molar-refractivity contribution is 7.99. The molecule has 0 aliphatic carbocycles. The molecule has 1 aromatic carbocycles. The van der Waals surface area contributed by atoms with Gasteiger partial charge in [0, 0.05) is 29.9 Å². The lowest BCUT2D eigenvalue weighted by atomic mass is 10.3. The summed E-state index contributed by atoms with van der Waals surface area (Å²) in [6.45, 7) is 1.30. The molecule has 1 fully saturated rings. The van der Waals surface area contributed by atoms with E-state index < -0.39 is 10.0 Å². The summed E-state index contributed by atoms with van der Waals surface area (Å²) in [5, 5.41) is 0.449. The zero-order chi connectivity index (χ0) is 15.5. The molecule has 0 bridgehead atoms. The third kappa shape index (κ3) is 4.36. The summed E-state index contributed by atoms with van der Waals surface area (Å²) in [7, 11) is 0.450.